The summed E-state index contributed by atoms with van der Waals surface area (Å²) in [4.78, 5) is 58.9. The van der Waals surface area contributed by atoms with Crippen LogP contribution in [0, 0.1) is 46.3 Å². The van der Waals surface area contributed by atoms with Crippen LogP contribution >= 0.6 is 0 Å². The number of nitrogens with two attached hydrogens (primary N) is 1. The predicted octanol–water partition coefficient (Wildman–Crippen LogP) is 5.77. The van der Waals surface area contributed by atoms with Crippen molar-refractivity contribution < 1.29 is 19.5 Å². The number of nitriles is 2. The van der Waals surface area contributed by atoms with Crippen LogP contribution in [0.3, 0.4) is 0 Å². The van der Waals surface area contributed by atoms with Crippen LogP contribution in [0.15, 0.2) is 73.6 Å². The Bertz CT molecular complexity index is 2660. The van der Waals surface area contributed by atoms with E-state index in [0.29, 0.717) is 78.1 Å². The number of aliphatic hydroxyl groups is 1. The van der Waals surface area contributed by atoms with E-state index in [4.69, 9.17) is 26.1 Å². The molecule has 2 aliphatic carbocycles. The van der Waals surface area contributed by atoms with Crippen molar-refractivity contribution in [2.75, 3.05) is 35.1 Å². The fourth-order valence-corrected chi connectivity index (χ4v) is 7.44. The Morgan fingerprint density at radius 3 is 2.07 bits per heavy atom. The minimum Gasteiger partial charge on any atom is -0.396 e. The molecule has 0 radical (unpaired) electrons. The summed E-state index contributed by atoms with van der Waals surface area (Å²) in [5.41, 5.74) is 13.9. The fourth-order valence-electron chi connectivity index (χ4n) is 7.44. The van der Waals surface area contributed by atoms with Gasteiger partial charge in [0.05, 0.1) is 30.1 Å². The number of pyridine rings is 6. The summed E-state index contributed by atoms with van der Waals surface area (Å²) in [6, 6.07) is 15.3. The van der Waals surface area contributed by atoms with Gasteiger partial charge in [-0.3, -0.25) is 24.4 Å². The quantitative estimate of drug-likeness (QED) is 0.0577. The van der Waals surface area contributed by atoms with Gasteiger partial charge in [0.15, 0.2) is 5.82 Å². The van der Waals surface area contributed by atoms with Crippen molar-refractivity contribution >= 4 is 56.6 Å². The van der Waals surface area contributed by atoms with Crippen LogP contribution in [0.1, 0.15) is 43.2 Å². The van der Waals surface area contributed by atoms with Crippen molar-refractivity contribution in [1.82, 2.24) is 29.9 Å². The Morgan fingerprint density at radius 1 is 0.797 bits per heavy atom. The Hall–Kier alpha value is -7.14. The standard InChI is InChI=1S/C43H40N12O4/c44-8-1-2-26-14-30(26)42(57)53-38-18-28-16-36(51-40(46)34(28)22-49-38)33-21-48-11-5-25(33)7-13-59-55-41-35-23-50-39(54-43(58)31-15-27(31)3-9-45)19-29(35)17-37(52-41)32-20-47-10-4-24(32)6-12-56/h4-5,10-11,16-23,26-27,30-31,56H,1-3,6-7,12-15H2,(H2,46,51)(H,52,55)(H,49,53,57)(H,50,54,58)/t26-,27+,30-,31+/m0/s1. The average Bonchev–Trinajstić information content (AvgIpc) is 4.18. The van der Waals surface area contributed by atoms with E-state index in [1.807, 2.05) is 24.3 Å². The van der Waals surface area contributed by atoms with Crippen LogP contribution < -0.4 is 21.8 Å². The molecule has 4 atom stereocenters. The molecule has 0 bridgehead atoms. The van der Waals surface area contributed by atoms with E-state index in [0.717, 1.165) is 39.4 Å². The third-order valence-corrected chi connectivity index (χ3v) is 10.9. The number of nitrogens with zero attached hydrogens (tertiary/aromatic N) is 8. The second-order valence-electron chi connectivity index (χ2n) is 14.8. The number of hydrogen-bond donors (Lipinski definition) is 5. The molecule has 0 aliphatic heterocycles. The van der Waals surface area contributed by atoms with Crippen molar-refractivity contribution in [3.05, 3.63) is 84.7 Å². The number of amides is 2. The number of rotatable bonds is 16. The summed E-state index contributed by atoms with van der Waals surface area (Å²) < 4.78 is 0. The molecule has 2 aliphatic rings. The molecule has 0 spiro atoms. The summed E-state index contributed by atoms with van der Waals surface area (Å²) in [7, 11) is 0. The topological polar surface area (TPSA) is 251 Å². The molecule has 6 aromatic rings. The monoisotopic (exact) mass is 788 g/mol. The normalized spacial score (nSPS) is 17.8. The van der Waals surface area contributed by atoms with Gasteiger partial charge in [0.25, 0.3) is 0 Å². The molecule has 2 fully saturated rings. The molecular formula is C43H40N12O4. The molecular weight excluding hydrogens is 749 g/mol. The number of fused-ring (bicyclic) bond motifs is 2. The van der Waals surface area contributed by atoms with E-state index >= 15 is 0 Å². The molecule has 16 heteroatoms. The first kappa shape index (κ1) is 38.7. The first-order valence-corrected chi connectivity index (χ1v) is 19.4. The van der Waals surface area contributed by atoms with Crippen LogP contribution in [0.2, 0.25) is 0 Å². The van der Waals surface area contributed by atoms with Gasteiger partial charge in [-0.15, -0.1) is 0 Å². The number of nitrogen functional groups attached to an aromatic ring is 1. The third kappa shape index (κ3) is 8.74. The highest BCUT2D eigenvalue weighted by molar-refractivity contribution is 6.00. The number of anilines is 4. The lowest BCUT2D eigenvalue weighted by molar-refractivity contribution is -0.118. The first-order valence-electron chi connectivity index (χ1n) is 19.4. The van der Waals surface area contributed by atoms with Crippen molar-refractivity contribution in [2.45, 2.75) is 44.9 Å². The summed E-state index contributed by atoms with van der Waals surface area (Å²) >= 11 is 0. The van der Waals surface area contributed by atoms with Gasteiger partial charge in [0.1, 0.15) is 17.5 Å². The van der Waals surface area contributed by atoms with Crippen LogP contribution in [0.25, 0.3) is 44.1 Å². The molecule has 0 saturated heterocycles. The summed E-state index contributed by atoms with van der Waals surface area (Å²) in [6.45, 7) is 0.174. The molecule has 59 heavy (non-hydrogen) atoms. The zero-order valence-electron chi connectivity index (χ0n) is 31.9. The summed E-state index contributed by atoms with van der Waals surface area (Å²) in [5.74, 6) is 1.18. The predicted molar refractivity (Wildman–Crippen MR) is 220 cm³/mol. The number of aromatic nitrogens is 6. The maximum Gasteiger partial charge on any atom is 0.228 e. The Balaban J connectivity index is 0.997. The van der Waals surface area contributed by atoms with E-state index < -0.39 is 0 Å². The van der Waals surface area contributed by atoms with Crippen molar-refractivity contribution in [3.63, 3.8) is 0 Å². The molecule has 6 heterocycles. The molecule has 8 rings (SSSR count). The molecule has 2 saturated carbocycles. The number of carbonyl (C=O) groups excluding carboxylic acids is 2. The Labute approximate surface area is 338 Å². The molecule has 6 N–H and O–H groups in total. The molecule has 2 amide bonds. The number of hydrogen-bond acceptors (Lipinski definition) is 14. The van der Waals surface area contributed by atoms with E-state index in [1.54, 1.807) is 49.3 Å². The van der Waals surface area contributed by atoms with Gasteiger partial charge in [-0.1, -0.05) is 0 Å². The highest BCUT2D eigenvalue weighted by atomic mass is 16.6. The van der Waals surface area contributed by atoms with E-state index in [2.05, 4.69) is 53.2 Å². The number of aliphatic hydroxyl groups excluding tert-OH is 1. The number of nitrogens with one attached hydrogen (secondary N) is 3. The SMILES string of the molecule is N#CCC[C@H]1C[C@@H]1C(=O)Nc1cc2cc(-c3cnccc3CCONc3nc(-c4cnccc4CCO)cc4cc(NC(=O)[C@@H]5C[C@H]5CC#N)ncc34)nc(N)c2cn1. The molecule has 16 nitrogen and oxygen atoms in total. The Kier molecular flexibility index (Phi) is 11.3. The van der Waals surface area contributed by atoms with Crippen LogP contribution in [-0.4, -0.2) is 60.0 Å². The van der Waals surface area contributed by atoms with Gasteiger partial charge in [-0.05, 0) is 102 Å². The van der Waals surface area contributed by atoms with Crippen molar-refractivity contribution in [3.8, 4) is 34.7 Å². The third-order valence-electron chi connectivity index (χ3n) is 10.9. The summed E-state index contributed by atoms with van der Waals surface area (Å²) in [5, 5.41) is 36.2. The lowest BCUT2D eigenvalue weighted by Crippen LogP contribution is -2.15. The van der Waals surface area contributed by atoms with Gasteiger partial charge in [-0.25, -0.2) is 25.4 Å². The highest BCUT2D eigenvalue weighted by Crippen LogP contribution is 2.43. The first-order chi connectivity index (χ1) is 28.8. The van der Waals surface area contributed by atoms with Gasteiger partial charge in [0, 0.05) is 90.4 Å². The van der Waals surface area contributed by atoms with E-state index in [-0.39, 0.29) is 54.5 Å². The zero-order chi connectivity index (χ0) is 40.9. The fraction of sp³-hybridized carbons (Fsp3) is 0.302. The second kappa shape index (κ2) is 17.2. The molecule has 6 aromatic heterocycles. The molecule has 296 valence electrons. The highest BCUT2D eigenvalue weighted by Gasteiger charge is 2.43. The smallest absolute Gasteiger partial charge is 0.228 e. The van der Waals surface area contributed by atoms with Crippen molar-refractivity contribution in [1.29, 1.82) is 10.5 Å². The van der Waals surface area contributed by atoms with Crippen LogP contribution in [0.4, 0.5) is 23.3 Å². The average molecular weight is 789 g/mol. The largest absolute Gasteiger partial charge is 0.396 e. The zero-order valence-corrected chi connectivity index (χ0v) is 31.9. The maximum atomic E-state index is 12.9. The van der Waals surface area contributed by atoms with E-state index in [1.165, 1.54) is 0 Å². The Morgan fingerprint density at radius 2 is 1.41 bits per heavy atom. The summed E-state index contributed by atoms with van der Waals surface area (Å²) in [6.07, 6.45) is 13.8. The van der Waals surface area contributed by atoms with Crippen LogP contribution in [-0.2, 0) is 27.3 Å². The van der Waals surface area contributed by atoms with Gasteiger partial charge in [0.2, 0.25) is 11.8 Å². The lowest BCUT2D eigenvalue weighted by atomic mass is 10.0. The van der Waals surface area contributed by atoms with Gasteiger partial charge >= 0.3 is 0 Å². The van der Waals surface area contributed by atoms with Gasteiger partial charge in [-0.2, -0.15) is 10.5 Å². The lowest BCUT2D eigenvalue weighted by Gasteiger charge is -2.15. The van der Waals surface area contributed by atoms with Crippen molar-refractivity contribution in [2.24, 2.45) is 23.7 Å². The minimum atomic E-state index is -0.204. The van der Waals surface area contributed by atoms with Gasteiger partial charge < -0.3 is 21.5 Å². The molecule has 0 aromatic carbocycles. The second-order valence-corrected chi connectivity index (χ2v) is 14.8. The maximum absolute atomic E-state index is 12.9. The minimum absolute atomic E-state index is 0.0476. The number of carbonyl (C=O) groups is 2. The van der Waals surface area contributed by atoms with Crippen LogP contribution in [0.5, 0.6) is 0 Å². The van der Waals surface area contributed by atoms with E-state index in [9.17, 15) is 14.7 Å². The molecule has 0 unspecified atom stereocenters.